The lowest BCUT2D eigenvalue weighted by atomic mass is 9.76. The zero-order valence-electron chi connectivity index (χ0n) is 10.1. The molecule has 0 radical (unpaired) electrons. The summed E-state index contributed by atoms with van der Waals surface area (Å²) >= 11 is 1.14. The van der Waals surface area contributed by atoms with Crippen molar-refractivity contribution in [3.8, 4) is 0 Å². The third-order valence-electron chi connectivity index (χ3n) is 3.72. The maximum absolute atomic E-state index is 12.0. The van der Waals surface area contributed by atoms with Gasteiger partial charge in [-0.3, -0.25) is 9.59 Å². The predicted molar refractivity (Wildman–Crippen MR) is 65.4 cm³/mol. The molecule has 0 spiro atoms. The maximum Gasteiger partial charge on any atom is 0.309 e. The highest BCUT2D eigenvalue weighted by Crippen LogP contribution is 2.35. The number of carboxylic acids is 1. The maximum atomic E-state index is 12.0. The van der Waals surface area contributed by atoms with Crippen LogP contribution in [0, 0.1) is 5.41 Å². The summed E-state index contributed by atoms with van der Waals surface area (Å²) in [5, 5.41) is 14.6. The number of carbonyl (C=O) groups is 2. The van der Waals surface area contributed by atoms with E-state index in [1.807, 2.05) is 6.92 Å². The highest BCUT2D eigenvalue weighted by Gasteiger charge is 2.41. The van der Waals surface area contributed by atoms with Gasteiger partial charge in [-0.2, -0.15) is 0 Å². The van der Waals surface area contributed by atoms with Crippen LogP contribution in [0.5, 0.6) is 0 Å². The van der Waals surface area contributed by atoms with Crippen LogP contribution in [0.4, 0.5) is 0 Å². The third kappa shape index (κ3) is 2.22. The van der Waals surface area contributed by atoms with Gasteiger partial charge in [-0.25, -0.2) is 0 Å². The van der Waals surface area contributed by atoms with E-state index in [9.17, 15) is 14.7 Å². The minimum atomic E-state index is -0.757. The van der Waals surface area contributed by atoms with Gasteiger partial charge in [-0.1, -0.05) is 11.4 Å². The molecule has 1 aromatic heterocycles. The first-order valence-electron chi connectivity index (χ1n) is 5.89. The minimum Gasteiger partial charge on any atom is -0.481 e. The van der Waals surface area contributed by atoms with Crippen LogP contribution in [-0.4, -0.2) is 44.6 Å². The van der Waals surface area contributed by atoms with Gasteiger partial charge in [0.1, 0.15) is 0 Å². The lowest BCUT2D eigenvalue weighted by Gasteiger charge is -2.38. The standard InChI is InChI=1S/C11H15N3O3S/c1-2-11(10(16)17)3-5-14(6-4-11)9(15)8-7-18-13-12-8/h7H,2-6H2,1H3,(H,16,17). The summed E-state index contributed by atoms with van der Waals surface area (Å²) in [4.78, 5) is 25.0. The molecule has 98 valence electrons. The zero-order valence-corrected chi connectivity index (χ0v) is 10.9. The second-order valence-electron chi connectivity index (χ2n) is 4.52. The number of rotatable bonds is 3. The van der Waals surface area contributed by atoms with Gasteiger partial charge in [-0.15, -0.1) is 5.10 Å². The summed E-state index contributed by atoms with van der Waals surface area (Å²) in [6, 6.07) is 0. The summed E-state index contributed by atoms with van der Waals surface area (Å²) in [5.74, 6) is -0.911. The highest BCUT2D eigenvalue weighted by atomic mass is 32.1. The van der Waals surface area contributed by atoms with Crippen LogP contribution >= 0.6 is 11.5 Å². The van der Waals surface area contributed by atoms with Crippen molar-refractivity contribution >= 4 is 23.4 Å². The van der Waals surface area contributed by atoms with E-state index in [-0.39, 0.29) is 5.91 Å². The molecule has 1 N–H and O–H groups in total. The Morgan fingerprint density at radius 1 is 1.50 bits per heavy atom. The van der Waals surface area contributed by atoms with E-state index in [4.69, 9.17) is 0 Å². The number of piperidine rings is 1. The summed E-state index contributed by atoms with van der Waals surface area (Å²) in [6.07, 6.45) is 1.60. The van der Waals surface area contributed by atoms with Gasteiger partial charge in [-0.05, 0) is 30.8 Å². The predicted octanol–water partition coefficient (Wildman–Crippen LogP) is 1.26. The van der Waals surface area contributed by atoms with Crippen LogP contribution in [0.3, 0.4) is 0 Å². The van der Waals surface area contributed by atoms with Crippen LogP contribution in [0.25, 0.3) is 0 Å². The first kappa shape index (κ1) is 12.9. The molecule has 1 aliphatic heterocycles. The van der Waals surface area contributed by atoms with Crippen molar-refractivity contribution < 1.29 is 14.7 Å². The Hall–Kier alpha value is -1.50. The van der Waals surface area contributed by atoms with Crippen molar-refractivity contribution in [3.63, 3.8) is 0 Å². The van der Waals surface area contributed by atoms with Crippen molar-refractivity contribution in [3.05, 3.63) is 11.1 Å². The van der Waals surface area contributed by atoms with Crippen molar-refractivity contribution in [2.45, 2.75) is 26.2 Å². The van der Waals surface area contributed by atoms with Gasteiger partial charge in [0.15, 0.2) is 5.69 Å². The van der Waals surface area contributed by atoms with E-state index in [2.05, 4.69) is 9.59 Å². The van der Waals surface area contributed by atoms with E-state index in [0.29, 0.717) is 38.0 Å². The number of amides is 1. The minimum absolute atomic E-state index is 0.154. The smallest absolute Gasteiger partial charge is 0.309 e. The van der Waals surface area contributed by atoms with Gasteiger partial charge in [0.2, 0.25) is 0 Å². The molecule has 0 aliphatic carbocycles. The first-order valence-corrected chi connectivity index (χ1v) is 6.72. The Balaban J connectivity index is 2.02. The molecule has 18 heavy (non-hydrogen) atoms. The molecule has 0 unspecified atom stereocenters. The SMILES string of the molecule is CCC1(C(=O)O)CCN(C(=O)c2csnn2)CC1. The fraction of sp³-hybridized carbons (Fsp3) is 0.636. The molecular weight excluding hydrogens is 254 g/mol. The van der Waals surface area contributed by atoms with Crippen LogP contribution in [0.1, 0.15) is 36.7 Å². The molecule has 0 aromatic carbocycles. The average Bonchev–Trinajstić information content (AvgIpc) is 2.91. The third-order valence-corrected chi connectivity index (χ3v) is 4.22. The van der Waals surface area contributed by atoms with E-state index in [1.54, 1.807) is 10.3 Å². The number of carbonyl (C=O) groups excluding carboxylic acids is 1. The first-order chi connectivity index (χ1) is 8.59. The van der Waals surface area contributed by atoms with Crippen molar-refractivity contribution in [1.82, 2.24) is 14.5 Å². The van der Waals surface area contributed by atoms with E-state index >= 15 is 0 Å². The Bertz CT molecular complexity index is 438. The summed E-state index contributed by atoms with van der Waals surface area (Å²) < 4.78 is 3.66. The fourth-order valence-corrected chi connectivity index (χ4v) is 2.71. The number of aromatic nitrogens is 2. The number of hydrogen-bond donors (Lipinski definition) is 1. The molecule has 0 bridgehead atoms. The highest BCUT2D eigenvalue weighted by molar-refractivity contribution is 7.03. The molecule has 1 fully saturated rings. The fourth-order valence-electron chi connectivity index (χ4n) is 2.28. The summed E-state index contributed by atoms with van der Waals surface area (Å²) in [6.45, 7) is 2.82. The Morgan fingerprint density at radius 3 is 2.61 bits per heavy atom. The Kier molecular flexibility index (Phi) is 3.60. The normalized spacial score (nSPS) is 18.6. The van der Waals surface area contributed by atoms with Crippen LogP contribution in [0.2, 0.25) is 0 Å². The summed E-state index contributed by atoms with van der Waals surface area (Å²) in [7, 11) is 0. The molecule has 2 heterocycles. The topological polar surface area (TPSA) is 83.4 Å². The summed E-state index contributed by atoms with van der Waals surface area (Å²) in [5.41, 5.74) is -0.323. The monoisotopic (exact) mass is 269 g/mol. The molecule has 1 aromatic rings. The molecule has 1 saturated heterocycles. The lowest BCUT2D eigenvalue weighted by molar-refractivity contribution is -0.152. The van der Waals surface area contributed by atoms with Crippen LogP contribution in [0.15, 0.2) is 5.38 Å². The molecule has 0 atom stereocenters. The molecular formula is C11H15N3O3S. The number of carboxylic acid groups (broad SMARTS) is 1. The number of likely N-dealkylation sites (tertiary alicyclic amines) is 1. The number of aliphatic carboxylic acids is 1. The molecule has 7 heteroatoms. The molecule has 0 saturated carbocycles. The number of hydrogen-bond acceptors (Lipinski definition) is 5. The largest absolute Gasteiger partial charge is 0.481 e. The van der Waals surface area contributed by atoms with E-state index in [0.717, 1.165) is 11.5 Å². The van der Waals surface area contributed by atoms with Crippen molar-refractivity contribution in [2.75, 3.05) is 13.1 Å². The average molecular weight is 269 g/mol. The zero-order chi connectivity index (χ0) is 13.2. The lowest BCUT2D eigenvalue weighted by Crippen LogP contribution is -2.46. The van der Waals surface area contributed by atoms with Crippen molar-refractivity contribution in [2.24, 2.45) is 5.41 Å². The molecule has 1 amide bonds. The van der Waals surface area contributed by atoms with Gasteiger partial charge < -0.3 is 10.0 Å². The van der Waals surface area contributed by atoms with Crippen LogP contribution in [-0.2, 0) is 4.79 Å². The van der Waals surface area contributed by atoms with Crippen molar-refractivity contribution in [1.29, 1.82) is 0 Å². The molecule has 2 rings (SSSR count). The van der Waals surface area contributed by atoms with Gasteiger partial charge >= 0.3 is 5.97 Å². The van der Waals surface area contributed by atoms with Crippen LogP contribution < -0.4 is 0 Å². The van der Waals surface area contributed by atoms with E-state index in [1.165, 1.54) is 0 Å². The van der Waals surface area contributed by atoms with Gasteiger partial charge in [0, 0.05) is 18.5 Å². The quantitative estimate of drug-likeness (QED) is 0.893. The Labute approximate surface area is 109 Å². The molecule has 1 aliphatic rings. The molecule has 6 nitrogen and oxygen atoms in total. The second-order valence-corrected chi connectivity index (χ2v) is 5.13. The van der Waals surface area contributed by atoms with Gasteiger partial charge in [0.25, 0.3) is 5.91 Å². The Morgan fingerprint density at radius 2 is 2.17 bits per heavy atom. The number of nitrogens with zero attached hydrogens (tertiary/aromatic N) is 3. The van der Waals surface area contributed by atoms with E-state index < -0.39 is 11.4 Å². The van der Waals surface area contributed by atoms with Gasteiger partial charge in [0.05, 0.1) is 5.41 Å². The second kappa shape index (κ2) is 5.01.